The molecule has 0 bridgehead atoms. The van der Waals surface area contributed by atoms with E-state index in [1.54, 1.807) is 0 Å². The van der Waals surface area contributed by atoms with Crippen molar-refractivity contribution in [3.8, 4) is 0 Å². The monoisotopic (exact) mass is 306 g/mol. The zero-order chi connectivity index (χ0) is 14.7. The smallest absolute Gasteiger partial charge is 0.227 e. The molecule has 3 rings (SSSR count). The van der Waals surface area contributed by atoms with Gasteiger partial charge in [0.1, 0.15) is 0 Å². The number of piperidine rings is 1. The van der Waals surface area contributed by atoms with Crippen molar-refractivity contribution in [2.75, 3.05) is 30.4 Å². The first-order valence-corrected chi connectivity index (χ1v) is 8.48. The third kappa shape index (κ3) is 3.41. The van der Waals surface area contributed by atoms with Crippen molar-refractivity contribution in [1.82, 2.24) is 4.90 Å². The molecule has 0 radical (unpaired) electrons. The second kappa shape index (κ2) is 6.80. The second-order valence-corrected chi connectivity index (χ2v) is 6.50. The maximum absolute atomic E-state index is 12.2. The van der Waals surface area contributed by atoms with Crippen LogP contribution in [0.1, 0.15) is 31.2 Å². The van der Waals surface area contributed by atoms with Gasteiger partial charge >= 0.3 is 0 Å². The Morgan fingerprint density at radius 3 is 2.62 bits per heavy atom. The Kier molecular flexibility index (Phi) is 4.81. The van der Waals surface area contributed by atoms with Gasteiger partial charge in [0.2, 0.25) is 5.91 Å². The van der Waals surface area contributed by atoms with Crippen LogP contribution in [0.5, 0.6) is 0 Å². The van der Waals surface area contributed by atoms with Gasteiger partial charge in [0.05, 0.1) is 0 Å². The van der Waals surface area contributed by atoms with Crippen molar-refractivity contribution < 1.29 is 4.79 Å². The number of halogens is 1. The Balaban J connectivity index is 1.77. The van der Waals surface area contributed by atoms with E-state index >= 15 is 0 Å². The summed E-state index contributed by atoms with van der Waals surface area (Å²) in [7, 11) is 0. The number of carbonyl (C=O) groups is 1. The Morgan fingerprint density at radius 1 is 1.14 bits per heavy atom. The molecule has 1 unspecified atom stereocenters. The van der Waals surface area contributed by atoms with Gasteiger partial charge in [-0.3, -0.25) is 9.69 Å². The molecule has 0 spiro atoms. The SMILES string of the molecule is O=C1CC(CCl)CN1c1ccccc1CN1CCCCC1. The van der Waals surface area contributed by atoms with E-state index in [1.807, 2.05) is 11.0 Å². The highest BCUT2D eigenvalue weighted by Gasteiger charge is 2.31. The number of rotatable bonds is 4. The van der Waals surface area contributed by atoms with Crippen LogP contribution in [0.4, 0.5) is 5.69 Å². The van der Waals surface area contributed by atoms with Gasteiger partial charge in [0.15, 0.2) is 0 Å². The van der Waals surface area contributed by atoms with Crippen LogP contribution in [0.3, 0.4) is 0 Å². The molecular weight excluding hydrogens is 284 g/mol. The third-order valence-electron chi connectivity index (χ3n) is 4.55. The fraction of sp³-hybridized carbons (Fsp3) is 0.588. The molecule has 114 valence electrons. The average molecular weight is 307 g/mol. The maximum atomic E-state index is 12.2. The van der Waals surface area contributed by atoms with Gasteiger partial charge in [-0.15, -0.1) is 11.6 Å². The lowest BCUT2D eigenvalue weighted by molar-refractivity contribution is -0.117. The van der Waals surface area contributed by atoms with Crippen LogP contribution in [-0.4, -0.2) is 36.3 Å². The van der Waals surface area contributed by atoms with Crippen LogP contribution in [0, 0.1) is 5.92 Å². The number of para-hydroxylation sites is 1. The first-order chi connectivity index (χ1) is 10.3. The normalized spacial score (nSPS) is 23.8. The molecule has 1 aromatic rings. The molecule has 1 atom stereocenters. The summed E-state index contributed by atoms with van der Waals surface area (Å²) < 4.78 is 0. The quantitative estimate of drug-likeness (QED) is 0.797. The van der Waals surface area contributed by atoms with Crippen LogP contribution in [0.15, 0.2) is 24.3 Å². The van der Waals surface area contributed by atoms with Crippen molar-refractivity contribution in [2.24, 2.45) is 5.92 Å². The van der Waals surface area contributed by atoms with E-state index in [-0.39, 0.29) is 5.91 Å². The number of likely N-dealkylation sites (tertiary alicyclic amines) is 1. The van der Waals surface area contributed by atoms with Crippen molar-refractivity contribution in [3.05, 3.63) is 29.8 Å². The predicted octanol–water partition coefficient (Wildman–Crippen LogP) is 3.26. The van der Waals surface area contributed by atoms with Gasteiger partial charge < -0.3 is 4.90 Å². The lowest BCUT2D eigenvalue weighted by Gasteiger charge is -2.28. The van der Waals surface area contributed by atoms with Crippen LogP contribution in [0.25, 0.3) is 0 Å². The largest absolute Gasteiger partial charge is 0.312 e. The summed E-state index contributed by atoms with van der Waals surface area (Å²) in [4.78, 5) is 16.7. The summed E-state index contributed by atoms with van der Waals surface area (Å²) in [5, 5.41) is 0. The minimum Gasteiger partial charge on any atom is -0.312 e. The molecule has 2 fully saturated rings. The summed E-state index contributed by atoms with van der Waals surface area (Å²) >= 11 is 5.93. The molecule has 2 aliphatic heterocycles. The Labute approximate surface area is 131 Å². The molecule has 0 saturated carbocycles. The Bertz CT molecular complexity index is 499. The minimum absolute atomic E-state index is 0.215. The number of nitrogens with zero attached hydrogens (tertiary/aromatic N) is 2. The van der Waals surface area contributed by atoms with Crippen molar-refractivity contribution in [2.45, 2.75) is 32.2 Å². The van der Waals surface area contributed by atoms with Gasteiger partial charge in [0.25, 0.3) is 0 Å². The van der Waals surface area contributed by atoms with Gasteiger partial charge in [-0.1, -0.05) is 24.6 Å². The van der Waals surface area contributed by atoms with Gasteiger partial charge in [-0.05, 0) is 43.5 Å². The molecule has 3 nitrogen and oxygen atoms in total. The van der Waals surface area contributed by atoms with E-state index in [0.29, 0.717) is 18.2 Å². The third-order valence-corrected chi connectivity index (χ3v) is 4.98. The van der Waals surface area contributed by atoms with E-state index in [0.717, 1.165) is 18.8 Å². The number of hydrogen-bond donors (Lipinski definition) is 0. The number of carbonyl (C=O) groups excluding carboxylic acids is 1. The summed E-state index contributed by atoms with van der Waals surface area (Å²) in [6.45, 7) is 4.06. The molecule has 2 aliphatic rings. The molecule has 21 heavy (non-hydrogen) atoms. The number of alkyl halides is 1. The fourth-order valence-electron chi connectivity index (χ4n) is 3.38. The summed E-state index contributed by atoms with van der Waals surface area (Å²) in [5.74, 6) is 1.07. The fourth-order valence-corrected chi connectivity index (χ4v) is 3.59. The van der Waals surface area contributed by atoms with Crippen LogP contribution in [0.2, 0.25) is 0 Å². The summed E-state index contributed by atoms with van der Waals surface area (Å²) in [6, 6.07) is 8.33. The number of hydrogen-bond acceptors (Lipinski definition) is 2. The summed E-state index contributed by atoms with van der Waals surface area (Å²) in [6.07, 6.45) is 4.51. The highest BCUT2D eigenvalue weighted by atomic mass is 35.5. The average Bonchev–Trinajstić information content (AvgIpc) is 2.90. The highest BCUT2D eigenvalue weighted by molar-refractivity contribution is 6.18. The number of benzene rings is 1. The zero-order valence-electron chi connectivity index (χ0n) is 12.4. The van der Waals surface area contributed by atoms with Crippen molar-refractivity contribution in [1.29, 1.82) is 0 Å². The molecule has 2 heterocycles. The lowest BCUT2D eigenvalue weighted by atomic mass is 10.1. The molecule has 0 aromatic heterocycles. The molecule has 1 aromatic carbocycles. The molecule has 0 N–H and O–H groups in total. The predicted molar refractivity (Wildman–Crippen MR) is 86.8 cm³/mol. The van der Waals surface area contributed by atoms with E-state index in [9.17, 15) is 4.79 Å². The van der Waals surface area contributed by atoms with Gasteiger partial charge in [-0.2, -0.15) is 0 Å². The maximum Gasteiger partial charge on any atom is 0.227 e. The van der Waals surface area contributed by atoms with Crippen LogP contribution < -0.4 is 4.90 Å². The zero-order valence-corrected chi connectivity index (χ0v) is 13.2. The molecule has 1 amide bonds. The molecule has 2 saturated heterocycles. The Hall–Kier alpha value is -1.06. The first-order valence-electron chi connectivity index (χ1n) is 7.94. The lowest BCUT2D eigenvalue weighted by Crippen LogP contribution is -2.31. The minimum atomic E-state index is 0.215. The molecular formula is C17H23ClN2O. The second-order valence-electron chi connectivity index (χ2n) is 6.19. The van der Waals surface area contributed by atoms with E-state index < -0.39 is 0 Å². The molecule has 0 aliphatic carbocycles. The number of amides is 1. The topological polar surface area (TPSA) is 23.6 Å². The van der Waals surface area contributed by atoms with E-state index in [2.05, 4.69) is 23.1 Å². The standard InChI is InChI=1S/C17H23ClN2O/c18-11-14-10-17(21)20(12-14)16-7-3-2-6-15(16)13-19-8-4-1-5-9-19/h2-3,6-7,14H,1,4-5,8-13H2. The van der Waals surface area contributed by atoms with Gasteiger partial charge in [-0.25, -0.2) is 0 Å². The van der Waals surface area contributed by atoms with Crippen molar-refractivity contribution in [3.63, 3.8) is 0 Å². The first kappa shape index (κ1) is 14.9. The van der Waals surface area contributed by atoms with Crippen LogP contribution in [-0.2, 0) is 11.3 Å². The number of anilines is 1. The van der Waals surface area contributed by atoms with Crippen molar-refractivity contribution >= 4 is 23.2 Å². The molecule has 4 heteroatoms. The van der Waals surface area contributed by atoms with Gasteiger partial charge in [0, 0.05) is 31.1 Å². The Morgan fingerprint density at radius 2 is 1.90 bits per heavy atom. The highest BCUT2D eigenvalue weighted by Crippen LogP contribution is 2.29. The van der Waals surface area contributed by atoms with Crippen LogP contribution >= 0.6 is 11.6 Å². The van der Waals surface area contributed by atoms with E-state index in [1.165, 1.54) is 37.9 Å². The summed E-state index contributed by atoms with van der Waals surface area (Å²) in [5.41, 5.74) is 2.35. The van der Waals surface area contributed by atoms with E-state index in [4.69, 9.17) is 11.6 Å².